The molecule has 0 aliphatic heterocycles. The molecule has 1 N–H and O–H groups in total. The number of carbonyl (C=O) groups excluding carboxylic acids is 2. The highest BCUT2D eigenvalue weighted by Gasteiger charge is 2.23. The Bertz CT molecular complexity index is 766. The van der Waals surface area contributed by atoms with Crippen molar-refractivity contribution >= 4 is 40.8 Å². The quantitative estimate of drug-likeness (QED) is 0.756. The molecule has 2 unspecified atom stereocenters. The summed E-state index contributed by atoms with van der Waals surface area (Å²) in [4.78, 5) is 24.2. The van der Waals surface area contributed by atoms with Crippen molar-refractivity contribution in [2.24, 2.45) is 0 Å². The summed E-state index contributed by atoms with van der Waals surface area (Å²) in [6.07, 6.45) is -1.90. The van der Waals surface area contributed by atoms with Crippen LogP contribution in [-0.2, 0) is 14.3 Å². The number of amides is 1. The summed E-state index contributed by atoms with van der Waals surface area (Å²) in [6.45, 7) is 3.00. The van der Waals surface area contributed by atoms with E-state index < -0.39 is 24.1 Å². The number of para-hydroxylation sites is 1. The number of halogens is 2. The van der Waals surface area contributed by atoms with E-state index in [9.17, 15) is 9.59 Å². The van der Waals surface area contributed by atoms with Gasteiger partial charge < -0.3 is 14.8 Å². The van der Waals surface area contributed by atoms with Gasteiger partial charge in [0.15, 0.2) is 12.2 Å². The second kappa shape index (κ2) is 8.74. The molecule has 25 heavy (non-hydrogen) atoms. The van der Waals surface area contributed by atoms with E-state index in [4.69, 9.17) is 32.7 Å². The van der Waals surface area contributed by atoms with E-state index >= 15 is 0 Å². The lowest BCUT2D eigenvalue weighted by molar-refractivity contribution is -0.159. The summed E-state index contributed by atoms with van der Waals surface area (Å²) in [6, 6.07) is 13.4. The third kappa shape index (κ3) is 5.66. The number of hydrogen-bond acceptors (Lipinski definition) is 4. The smallest absolute Gasteiger partial charge is 0.347 e. The number of nitrogens with one attached hydrogen (secondary N) is 1. The SMILES string of the molecule is CC(OC(=O)C(C)Oc1cccc(Cl)c1)C(=O)Nc1ccccc1Cl. The largest absolute Gasteiger partial charge is 0.479 e. The molecular formula is C18H17Cl2NO4. The van der Waals surface area contributed by atoms with Crippen LogP contribution in [0.2, 0.25) is 10.0 Å². The van der Waals surface area contributed by atoms with Crippen molar-refractivity contribution < 1.29 is 19.1 Å². The Balaban J connectivity index is 1.90. The van der Waals surface area contributed by atoms with Crippen LogP contribution in [0.3, 0.4) is 0 Å². The lowest BCUT2D eigenvalue weighted by Gasteiger charge is -2.18. The van der Waals surface area contributed by atoms with Gasteiger partial charge in [-0.15, -0.1) is 0 Å². The molecule has 0 aliphatic rings. The van der Waals surface area contributed by atoms with Gasteiger partial charge in [0.1, 0.15) is 5.75 Å². The van der Waals surface area contributed by atoms with Crippen LogP contribution in [-0.4, -0.2) is 24.1 Å². The van der Waals surface area contributed by atoms with Crippen molar-refractivity contribution in [1.29, 1.82) is 0 Å². The van der Waals surface area contributed by atoms with E-state index in [1.807, 2.05) is 0 Å². The fraction of sp³-hybridized carbons (Fsp3) is 0.222. The zero-order valence-corrected chi connectivity index (χ0v) is 15.2. The molecule has 2 aromatic rings. The number of benzene rings is 2. The monoisotopic (exact) mass is 381 g/mol. The molecule has 0 radical (unpaired) electrons. The van der Waals surface area contributed by atoms with Crippen molar-refractivity contribution in [2.75, 3.05) is 5.32 Å². The topological polar surface area (TPSA) is 64.6 Å². The Hall–Kier alpha value is -2.24. The van der Waals surface area contributed by atoms with Crippen molar-refractivity contribution in [2.45, 2.75) is 26.1 Å². The van der Waals surface area contributed by atoms with Gasteiger partial charge in [0, 0.05) is 5.02 Å². The predicted molar refractivity (Wildman–Crippen MR) is 97.2 cm³/mol. The molecule has 0 bridgehead atoms. The molecule has 2 aromatic carbocycles. The third-order valence-electron chi connectivity index (χ3n) is 3.23. The van der Waals surface area contributed by atoms with Crippen LogP contribution in [0.1, 0.15) is 13.8 Å². The van der Waals surface area contributed by atoms with Gasteiger partial charge in [0.2, 0.25) is 0 Å². The first kappa shape index (κ1) is 19.1. The molecule has 0 heterocycles. The summed E-state index contributed by atoms with van der Waals surface area (Å²) in [5.41, 5.74) is 0.445. The summed E-state index contributed by atoms with van der Waals surface area (Å²) < 4.78 is 10.6. The molecule has 0 aliphatic carbocycles. The molecule has 0 saturated heterocycles. The Labute approximate surface area is 155 Å². The minimum atomic E-state index is -1.01. The average molecular weight is 382 g/mol. The highest BCUT2D eigenvalue weighted by Crippen LogP contribution is 2.21. The van der Waals surface area contributed by atoms with Gasteiger partial charge >= 0.3 is 5.97 Å². The fourth-order valence-electron chi connectivity index (χ4n) is 1.91. The molecule has 1 amide bonds. The first-order chi connectivity index (χ1) is 11.9. The lowest BCUT2D eigenvalue weighted by Crippen LogP contribution is -2.35. The molecule has 0 spiro atoms. The zero-order valence-electron chi connectivity index (χ0n) is 13.7. The van der Waals surface area contributed by atoms with Gasteiger partial charge in [-0.3, -0.25) is 4.79 Å². The molecule has 0 saturated carbocycles. The van der Waals surface area contributed by atoms with Crippen LogP contribution in [0.25, 0.3) is 0 Å². The first-order valence-corrected chi connectivity index (χ1v) is 8.30. The van der Waals surface area contributed by atoms with Crippen molar-refractivity contribution in [3.05, 3.63) is 58.6 Å². The second-order valence-corrected chi connectivity index (χ2v) is 6.11. The standard InChI is InChI=1S/C18H17Cl2NO4/c1-11(17(22)21-16-9-4-3-8-15(16)20)25-18(23)12(2)24-14-7-5-6-13(19)10-14/h3-12H,1-2H3,(H,21,22). The van der Waals surface area contributed by atoms with Gasteiger partial charge in [-0.1, -0.05) is 41.4 Å². The molecule has 7 heteroatoms. The number of esters is 1. The normalized spacial score (nSPS) is 12.8. The van der Waals surface area contributed by atoms with Gasteiger partial charge in [-0.2, -0.15) is 0 Å². The van der Waals surface area contributed by atoms with Crippen LogP contribution < -0.4 is 10.1 Å². The van der Waals surface area contributed by atoms with Crippen LogP contribution >= 0.6 is 23.2 Å². The number of hydrogen-bond donors (Lipinski definition) is 1. The van der Waals surface area contributed by atoms with Gasteiger partial charge in [-0.05, 0) is 44.2 Å². The summed E-state index contributed by atoms with van der Waals surface area (Å²) >= 11 is 11.8. The number of anilines is 1. The van der Waals surface area contributed by atoms with Crippen molar-refractivity contribution in [3.63, 3.8) is 0 Å². The maximum Gasteiger partial charge on any atom is 0.347 e. The summed E-state index contributed by atoms with van der Waals surface area (Å²) in [5.74, 6) is -0.719. The van der Waals surface area contributed by atoms with Crippen molar-refractivity contribution in [1.82, 2.24) is 0 Å². The minimum absolute atomic E-state index is 0.395. The van der Waals surface area contributed by atoms with Crippen LogP contribution in [0.4, 0.5) is 5.69 Å². The Morgan fingerprint density at radius 3 is 2.40 bits per heavy atom. The average Bonchev–Trinajstić information content (AvgIpc) is 2.56. The van der Waals surface area contributed by atoms with Crippen molar-refractivity contribution in [3.8, 4) is 5.75 Å². The molecule has 2 rings (SSSR count). The second-order valence-electron chi connectivity index (χ2n) is 5.27. The summed E-state index contributed by atoms with van der Waals surface area (Å²) in [5, 5.41) is 3.49. The van der Waals surface area contributed by atoms with E-state index in [0.29, 0.717) is 21.5 Å². The van der Waals surface area contributed by atoms with E-state index in [1.165, 1.54) is 13.8 Å². The number of carbonyl (C=O) groups is 2. The zero-order chi connectivity index (χ0) is 18.4. The van der Waals surface area contributed by atoms with Gasteiger partial charge in [0.05, 0.1) is 10.7 Å². The highest BCUT2D eigenvalue weighted by molar-refractivity contribution is 6.33. The Morgan fingerprint density at radius 1 is 1.00 bits per heavy atom. The molecule has 132 valence electrons. The number of ether oxygens (including phenoxy) is 2. The van der Waals surface area contributed by atoms with E-state index in [2.05, 4.69) is 5.32 Å². The van der Waals surface area contributed by atoms with E-state index in [0.717, 1.165) is 0 Å². The molecule has 0 aromatic heterocycles. The maximum absolute atomic E-state index is 12.1. The Kier molecular flexibility index (Phi) is 6.67. The lowest BCUT2D eigenvalue weighted by atomic mass is 10.3. The number of rotatable bonds is 6. The van der Waals surface area contributed by atoms with E-state index in [-0.39, 0.29) is 0 Å². The predicted octanol–water partition coefficient (Wildman–Crippen LogP) is 4.33. The van der Waals surface area contributed by atoms with Gasteiger partial charge in [-0.25, -0.2) is 4.79 Å². The van der Waals surface area contributed by atoms with Crippen LogP contribution in [0, 0.1) is 0 Å². The highest BCUT2D eigenvalue weighted by atomic mass is 35.5. The molecule has 2 atom stereocenters. The third-order valence-corrected chi connectivity index (χ3v) is 3.80. The van der Waals surface area contributed by atoms with Crippen LogP contribution in [0.15, 0.2) is 48.5 Å². The minimum Gasteiger partial charge on any atom is -0.479 e. The molecular weight excluding hydrogens is 365 g/mol. The maximum atomic E-state index is 12.1. The molecule has 0 fully saturated rings. The fourth-order valence-corrected chi connectivity index (χ4v) is 2.28. The van der Waals surface area contributed by atoms with Gasteiger partial charge in [0.25, 0.3) is 5.91 Å². The van der Waals surface area contributed by atoms with Crippen LogP contribution in [0.5, 0.6) is 5.75 Å². The summed E-state index contributed by atoms with van der Waals surface area (Å²) in [7, 11) is 0. The van der Waals surface area contributed by atoms with E-state index in [1.54, 1.807) is 48.5 Å². The first-order valence-electron chi connectivity index (χ1n) is 7.55. The Morgan fingerprint density at radius 2 is 1.72 bits per heavy atom. The molecule has 5 nitrogen and oxygen atoms in total.